The highest BCUT2D eigenvalue weighted by Crippen LogP contribution is 2.20. The summed E-state index contributed by atoms with van der Waals surface area (Å²) >= 11 is 0. The zero-order valence-corrected chi connectivity index (χ0v) is 17.6. The molecule has 7 heteroatoms. The second-order valence-electron chi connectivity index (χ2n) is 7.33. The van der Waals surface area contributed by atoms with Crippen molar-refractivity contribution in [1.82, 2.24) is 0 Å². The average molecular weight is 412 g/mol. The number of esters is 1. The topological polar surface area (TPSA) is 77.1 Å². The quantitative estimate of drug-likeness (QED) is 0.705. The van der Waals surface area contributed by atoms with Crippen LogP contribution in [0.1, 0.15) is 18.1 Å². The smallest absolute Gasteiger partial charge is 0.344 e. The summed E-state index contributed by atoms with van der Waals surface area (Å²) in [4.78, 5) is 26.6. The third-order valence-electron chi connectivity index (χ3n) is 4.88. The van der Waals surface area contributed by atoms with Crippen LogP contribution >= 0.6 is 0 Å². The molecule has 1 aliphatic rings. The van der Waals surface area contributed by atoms with Crippen LogP contribution in [-0.4, -0.2) is 50.9 Å². The Morgan fingerprint density at radius 3 is 2.50 bits per heavy atom. The first-order valence-corrected chi connectivity index (χ1v) is 10.1. The van der Waals surface area contributed by atoms with E-state index in [2.05, 4.69) is 10.2 Å². The summed E-state index contributed by atoms with van der Waals surface area (Å²) in [6.45, 7) is 8.27. The number of aryl methyl sites for hydroxylation is 2. The molecule has 1 heterocycles. The molecule has 0 radical (unpaired) electrons. The van der Waals surface area contributed by atoms with Gasteiger partial charge in [-0.2, -0.15) is 0 Å². The molecule has 1 amide bonds. The van der Waals surface area contributed by atoms with E-state index in [1.54, 1.807) is 0 Å². The van der Waals surface area contributed by atoms with Gasteiger partial charge in [-0.05, 0) is 62.2 Å². The van der Waals surface area contributed by atoms with Gasteiger partial charge in [-0.25, -0.2) is 4.79 Å². The van der Waals surface area contributed by atoms with Crippen LogP contribution in [0.2, 0.25) is 0 Å². The summed E-state index contributed by atoms with van der Waals surface area (Å²) in [6.07, 6.45) is -0.932. The molecule has 0 saturated carbocycles. The first-order valence-electron chi connectivity index (χ1n) is 10.1. The molecular formula is C23H28N2O5. The lowest BCUT2D eigenvalue weighted by atomic mass is 10.1. The standard InChI is InChI=1S/C23H28N2O5/c1-16-4-5-17(2)21(14-16)29-15-22(26)30-18(3)23(27)24-19-6-8-20(9-7-19)25-10-12-28-13-11-25/h4-9,14,18H,10-13,15H2,1-3H3,(H,24,27)/t18-/m1/s1. The Kier molecular flexibility index (Phi) is 7.30. The summed E-state index contributed by atoms with van der Waals surface area (Å²) in [7, 11) is 0. The predicted molar refractivity (Wildman–Crippen MR) is 115 cm³/mol. The molecule has 1 saturated heterocycles. The number of carbonyl (C=O) groups is 2. The van der Waals surface area contributed by atoms with E-state index >= 15 is 0 Å². The minimum Gasteiger partial charge on any atom is -0.482 e. The molecule has 30 heavy (non-hydrogen) atoms. The molecular weight excluding hydrogens is 384 g/mol. The van der Waals surface area contributed by atoms with E-state index in [1.807, 2.05) is 56.3 Å². The van der Waals surface area contributed by atoms with E-state index in [0.717, 1.165) is 29.9 Å². The van der Waals surface area contributed by atoms with E-state index < -0.39 is 18.0 Å². The number of hydrogen-bond donors (Lipinski definition) is 1. The van der Waals surface area contributed by atoms with E-state index in [-0.39, 0.29) is 6.61 Å². The molecule has 0 aromatic heterocycles. The Labute approximate surface area is 176 Å². The summed E-state index contributed by atoms with van der Waals surface area (Å²) < 4.78 is 16.1. The molecule has 1 aliphatic heterocycles. The number of hydrogen-bond acceptors (Lipinski definition) is 6. The molecule has 0 spiro atoms. The fraction of sp³-hybridized carbons (Fsp3) is 0.391. The van der Waals surface area contributed by atoms with Crippen molar-refractivity contribution in [3.8, 4) is 5.75 Å². The number of nitrogens with one attached hydrogen (secondary N) is 1. The number of benzene rings is 2. The Morgan fingerprint density at radius 1 is 1.10 bits per heavy atom. The van der Waals surface area contributed by atoms with E-state index in [9.17, 15) is 9.59 Å². The van der Waals surface area contributed by atoms with E-state index in [1.165, 1.54) is 6.92 Å². The van der Waals surface area contributed by atoms with Crippen molar-refractivity contribution in [2.24, 2.45) is 0 Å². The number of nitrogens with zero attached hydrogens (tertiary/aromatic N) is 1. The summed E-state index contributed by atoms with van der Waals surface area (Å²) in [5.41, 5.74) is 3.70. The van der Waals surface area contributed by atoms with Crippen LogP contribution in [0.15, 0.2) is 42.5 Å². The molecule has 1 N–H and O–H groups in total. The van der Waals surface area contributed by atoms with Crippen LogP contribution in [0.5, 0.6) is 5.75 Å². The van der Waals surface area contributed by atoms with Crippen molar-refractivity contribution in [3.05, 3.63) is 53.6 Å². The zero-order chi connectivity index (χ0) is 21.5. The SMILES string of the molecule is Cc1ccc(C)c(OCC(=O)O[C@H](C)C(=O)Nc2ccc(N3CCOCC3)cc2)c1. The van der Waals surface area contributed by atoms with Crippen LogP contribution in [-0.2, 0) is 19.1 Å². The molecule has 2 aromatic carbocycles. The zero-order valence-electron chi connectivity index (χ0n) is 17.6. The van der Waals surface area contributed by atoms with Crippen molar-refractivity contribution >= 4 is 23.3 Å². The van der Waals surface area contributed by atoms with Gasteiger partial charge in [-0.1, -0.05) is 12.1 Å². The largest absolute Gasteiger partial charge is 0.482 e. The van der Waals surface area contributed by atoms with Gasteiger partial charge < -0.3 is 24.4 Å². The van der Waals surface area contributed by atoms with Gasteiger partial charge in [0.1, 0.15) is 5.75 Å². The van der Waals surface area contributed by atoms with Gasteiger partial charge in [-0.3, -0.25) is 4.79 Å². The molecule has 3 rings (SSSR count). The Morgan fingerprint density at radius 2 is 1.80 bits per heavy atom. The van der Waals surface area contributed by atoms with Gasteiger partial charge in [0.15, 0.2) is 12.7 Å². The maximum Gasteiger partial charge on any atom is 0.344 e. The number of ether oxygens (including phenoxy) is 3. The third kappa shape index (κ3) is 5.97. The van der Waals surface area contributed by atoms with E-state index in [0.29, 0.717) is 24.7 Å². The number of morpholine rings is 1. The van der Waals surface area contributed by atoms with Crippen molar-refractivity contribution in [3.63, 3.8) is 0 Å². The van der Waals surface area contributed by atoms with Gasteiger partial charge in [0.2, 0.25) is 0 Å². The molecule has 0 aliphatic carbocycles. The van der Waals surface area contributed by atoms with Crippen molar-refractivity contribution in [1.29, 1.82) is 0 Å². The van der Waals surface area contributed by atoms with Crippen molar-refractivity contribution in [2.45, 2.75) is 26.9 Å². The number of anilines is 2. The monoisotopic (exact) mass is 412 g/mol. The summed E-state index contributed by atoms with van der Waals surface area (Å²) in [5, 5.41) is 2.77. The van der Waals surface area contributed by atoms with E-state index in [4.69, 9.17) is 14.2 Å². The molecule has 160 valence electrons. The number of amides is 1. The fourth-order valence-corrected chi connectivity index (χ4v) is 3.11. The van der Waals surface area contributed by atoms with Gasteiger partial charge in [0.25, 0.3) is 5.91 Å². The Hall–Kier alpha value is -3.06. The first-order chi connectivity index (χ1) is 14.4. The minimum absolute atomic E-state index is 0.254. The average Bonchev–Trinajstić information content (AvgIpc) is 2.75. The van der Waals surface area contributed by atoms with Crippen LogP contribution in [0, 0.1) is 13.8 Å². The van der Waals surface area contributed by atoms with Crippen molar-refractivity contribution < 1.29 is 23.8 Å². The van der Waals surface area contributed by atoms with Gasteiger partial charge in [0.05, 0.1) is 13.2 Å². The Bertz CT molecular complexity index is 876. The first kappa shape index (κ1) is 21.6. The highest BCUT2D eigenvalue weighted by Gasteiger charge is 2.19. The fourth-order valence-electron chi connectivity index (χ4n) is 3.11. The molecule has 0 bridgehead atoms. The third-order valence-corrected chi connectivity index (χ3v) is 4.88. The van der Waals surface area contributed by atoms with Gasteiger partial charge >= 0.3 is 5.97 Å². The predicted octanol–water partition coefficient (Wildman–Crippen LogP) is 3.09. The second kappa shape index (κ2) is 10.1. The highest BCUT2D eigenvalue weighted by atomic mass is 16.6. The number of rotatable bonds is 7. The molecule has 1 fully saturated rings. The van der Waals surface area contributed by atoms with Crippen LogP contribution in [0.25, 0.3) is 0 Å². The lowest BCUT2D eigenvalue weighted by Crippen LogP contribution is -2.36. The minimum atomic E-state index is -0.932. The lowest BCUT2D eigenvalue weighted by Gasteiger charge is -2.28. The van der Waals surface area contributed by atoms with Crippen LogP contribution < -0.4 is 15.0 Å². The summed E-state index contributed by atoms with van der Waals surface area (Å²) in [6, 6.07) is 13.3. The lowest BCUT2D eigenvalue weighted by molar-refractivity contribution is -0.155. The maximum absolute atomic E-state index is 12.4. The normalized spacial score (nSPS) is 14.7. The van der Waals surface area contributed by atoms with Gasteiger partial charge in [-0.15, -0.1) is 0 Å². The van der Waals surface area contributed by atoms with Crippen molar-refractivity contribution in [2.75, 3.05) is 43.1 Å². The molecule has 1 atom stereocenters. The second-order valence-corrected chi connectivity index (χ2v) is 7.33. The maximum atomic E-state index is 12.4. The van der Waals surface area contributed by atoms with Crippen LogP contribution in [0.4, 0.5) is 11.4 Å². The number of carbonyl (C=O) groups excluding carboxylic acids is 2. The molecule has 2 aromatic rings. The Balaban J connectivity index is 1.46. The highest BCUT2D eigenvalue weighted by molar-refractivity contribution is 5.95. The molecule has 0 unspecified atom stereocenters. The molecule has 7 nitrogen and oxygen atoms in total. The summed E-state index contributed by atoms with van der Waals surface area (Å²) in [5.74, 6) is -0.361. The van der Waals surface area contributed by atoms with Gasteiger partial charge in [0, 0.05) is 24.5 Å². The van der Waals surface area contributed by atoms with Crippen LogP contribution in [0.3, 0.4) is 0 Å².